The van der Waals surface area contributed by atoms with Gasteiger partial charge in [0.05, 0.1) is 17.8 Å². The minimum atomic E-state index is -0.432. The van der Waals surface area contributed by atoms with E-state index in [1.165, 1.54) is 7.11 Å². The van der Waals surface area contributed by atoms with Gasteiger partial charge in [-0.1, -0.05) is 17.7 Å². The molecule has 0 bridgehead atoms. The van der Waals surface area contributed by atoms with Gasteiger partial charge in [0.25, 0.3) is 0 Å². The van der Waals surface area contributed by atoms with Gasteiger partial charge in [-0.2, -0.15) is 0 Å². The molecule has 0 unspecified atom stereocenters. The Bertz CT molecular complexity index is 690. The van der Waals surface area contributed by atoms with Crippen molar-refractivity contribution in [2.75, 3.05) is 38.2 Å². The normalized spacial score (nSPS) is 16.7. The number of ether oxygens (including phenoxy) is 1. The van der Waals surface area contributed by atoms with Crippen molar-refractivity contribution in [3.8, 4) is 0 Å². The predicted molar refractivity (Wildman–Crippen MR) is 92.0 cm³/mol. The molecule has 0 radical (unpaired) electrons. The Hall–Kier alpha value is -2.18. The molecule has 0 aromatic carbocycles. The number of hydrogen-bond donors (Lipinski definition) is 0. The van der Waals surface area contributed by atoms with Crippen LogP contribution in [0, 0.1) is 0 Å². The molecular weight excluding hydrogens is 328 g/mol. The molecule has 2 aromatic rings. The summed E-state index contributed by atoms with van der Waals surface area (Å²) >= 11 is 6.23. The first kappa shape index (κ1) is 16.7. The van der Waals surface area contributed by atoms with Gasteiger partial charge in [-0.15, -0.1) is 0 Å². The van der Waals surface area contributed by atoms with Crippen LogP contribution < -0.4 is 4.90 Å². The number of nitrogens with zero attached hydrogens (tertiary/aromatic N) is 4. The largest absolute Gasteiger partial charge is 0.468 e. The number of methoxy groups -OCH3 is 1. The van der Waals surface area contributed by atoms with Gasteiger partial charge in [-0.25, -0.2) is 4.79 Å². The van der Waals surface area contributed by atoms with E-state index in [1.54, 1.807) is 24.8 Å². The summed E-state index contributed by atoms with van der Waals surface area (Å²) in [6.45, 7) is 3.01. The molecule has 0 amide bonds. The highest BCUT2D eigenvalue weighted by Gasteiger charge is 2.31. The van der Waals surface area contributed by atoms with E-state index in [2.05, 4.69) is 19.8 Å². The summed E-state index contributed by atoms with van der Waals surface area (Å²) in [5, 5.41) is 0.641. The lowest BCUT2D eigenvalue weighted by Gasteiger charge is -2.39. The highest BCUT2D eigenvalue weighted by atomic mass is 35.5. The summed E-state index contributed by atoms with van der Waals surface area (Å²) in [6.07, 6.45) is 6.80. The summed E-state index contributed by atoms with van der Waals surface area (Å²) in [6, 6.07) is 5.22. The highest BCUT2D eigenvalue weighted by Crippen LogP contribution is 2.28. The monoisotopic (exact) mass is 346 g/mol. The zero-order valence-electron chi connectivity index (χ0n) is 13.4. The second kappa shape index (κ2) is 7.59. The number of anilines is 1. The zero-order chi connectivity index (χ0) is 16.9. The Labute approximate surface area is 146 Å². The molecule has 24 heavy (non-hydrogen) atoms. The number of hydrogen-bond acceptors (Lipinski definition) is 6. The lowest BCUT2D eigenvalue weighted by molar-refractivity contribution is -0.147. The van der Waals surface area contributed by atoms with Crippen LogP contribution in [0.25, 0.3) is 0 Å². The van der Waals surface area contributed by atoms with Crippen LogP contribution in [0.15, 0.2) is 43.0 Å². The Morgan fingerprint density at radius 2 is 1.92 bits per heavy atom. The maximum absolute atomic E-state index is 12.3. The third-order valence-corrected chi connectivity index (χ3v) is 4.49. The van der Waals surface area contributed by atoms with Crippen LogP contribution in [0.3, 0.4) is 0 Å². The minimum Gasteiger partial charge on any atom is -0.468 e. The number of aromatic nitrogens is 2. The summed E-state index contributed by atoms with van der Waals surface area (Å²) in [5.41, 5.74) is 1.82. The first-order valence-corrected chi connectivity index (χ1v) is 8.15. The zero-order valence-corrected chi connectivity index (χ0v) is 14.2. The van der Waals surface area contributed by atoms with Crippen molar-refractivity contribution >= 4 is 23.3 Å². The van der Waals surface area contributed by atoms with Gasteiger partial charge in [0, 0.05) is 51.0 Å². The van der Waals surface area contributed by atoms with Gasteiger partial charge in [0.2, 0.25) is 0 Å². The van der Waals surface area contributed by atoms with E-state index in [4.69, 9.17) is 16.3 Å². The summed E-state index contributed by atoms with van der Waals surface area (Å²) < 4.78 is 5.00. The number of carbonyl (C=O) groups excluding carboxylic acids is 1. The molecular formula is C17H19ClN4O2. The van der Waals surface area contributed by atoms with Crippen LogP contribution >= 0.6 is 11.6 Å². The Morgan fingerprint density at radius 1 is 1.17 bits per heavy atom. The molecule has 6 nitrogen and oxygen atoms in total. The van der Waals surface area contributed by atoms with Crippen molar-refractivity contribution in [3.05, 3.63) is 53.6 Å². The Kier molecular flexibility index (Phi) is 5.27. The standard InChI is InChI=1S/C17H19ClN4O2/c1-24-17(23)16(13-3-2-5-19-11-13)22-9-7-21(8-10-22)15-4-6-20-12-14(15)18/h2-6,11-12,16H,7-10H2,1H3/t16-/m1/s1. The second-order valence-corrected chi connectivity index (χ2v) is 5.97. The second-order valence-electron chi connectivity index (χ2n) is 5.56. The number of pyridine rings is 2. The molecule has 2 aromatic heterocycles. The average molecular weight is 347 g/mol. The smallest absolute Gasteiger partial charge is 0.327 e. The van der Waals surface area contributed by atoms with Crippen molar-refractivity contribution in [1.82, 2.24) is 14.9 Å². The van der Waals surface area contributed by atoms with Gasteiger partial charge in [-0.3, -0.25) is 14.9 Å². The maximum atomic E-state index is 12.3. The van der Waals surface area contributed by atoms with E-state index in [-0.39, 0.29) is 5.97 Å². The van der Waals surface area contributed by atoms with Gasteiger partial charge in [0.15, 0.2) is 0 Å². The molecule has 7 heteroatoms. The fourth-order valence-corrected chi connectivity index (χ4v) is 3.23. The summed E-state index contributed by atoms with van der Waals surface area (Å²) in [7, 11) is 1.42. The van der Waals surface area contributed by atoms with Crippen LogP contribution in [0.5, 0.6) is 0 Å². The number of halogens is 1. The quantitative estimate of drug-likeness (QED) is 0.791. The van der Waals surface area contributed by atoms with Crippen molar-refractivity contribution in [3.63, 3.8) is 0 Å². The molecule has 0 saturated carbocycles. The van der Waals surface area contributed by atoms with Crippen molar-refractivity contribution < 1.29 is 9.53 Å². The summed E-state index contributed by atoms with van der Waals surface area (Å²) in [5.74, 6) is -0.265. The number of carbonyl (C=O) groups is 1. The van der Waals surface area contributed by atoms with E-state index in [0.717, 1.165) is 37.4 Å². The lowest BCUT2D eigenvalue weighted by Crippen LogP contribution is -2.49. The van der Waals surface area contributed by atoms with Crippen LogP contribution in [-0.4, -0.2) is 54.1 Å². The Balaban J connectivity index is 1.74. The van der Waals surface area contributed by atoms with Gasteiger partial charge in [0.1, 0.15) is 6.04 Å². The van der Waals surface area contributed by atoms with Gasteiger partial charge < -0.3 is 9.64 Å². The molecule has 3 heterocycles. The topological polar surface area (TPSA) is 58.6 Å². The highest BCUT2D eigenvalue weighted by molar-refractivity contribution is 6.33. The molecule has 0 aliphatic carbocycles. The minimum absolute atomic E-state index is 0.265. The van der Waals surface area contributed by atoms with Gasteiger partial charge in [-0.05, 0) is 17.7 Å². The van der Waals surface area contributed by atoms with E-state index >= 15 is 0 Å². The first-order valence-electron chi connectivity index (χ1n) is 7.77. The first-order chi connectivity index (χ1) is 11.7. The fraction of sp³-hybridized carbons (Fsp3) is 0.353. The molecule has 3 rings (SSSR count). The fourth-order valence-electron chi connectivity index (χ4n) is 2.99. The number of esters is 1. The molecule has 0 spiro atoms. The van der Waals surface area contributed by atoms with E-state index < -0.39 is 6.04 Å². The number of rotatable bonds is 4. The molecule has 1 aliphatic rings. The van der Waals surface area contributed by atoms with Crippen molar-refractivity contribution in [2.45, 2.75) is 6.04 Å². The van der Waals surface area contributed by atoms with Gasteiger partial charge >= 0.3 is 5.97 Å². The number of piperazine rings is 1. The Morgan fingerprint density at radius 3 is 2.54 bits per heavy atom. The van der Waals surface area contributed by atoms with Crippen LogP contribution in [0.4, 0.5) is 5.69 Å². The molecule has 1 aliphatic heterocycles. The van der Waals surface area contributed by atoms with Crippen LogP contribution in [0.1, 0.15) is 11.6 Å². The van der Waals surface area contributed by atoms with Crippen LogP contribution in [-0.2, 0) is 9.53 Å². The van der Waals surface area contributed by atoms with E-state index in [0.29, 0.717) is 5.02 Å². The molecule has 1 atom stereocenters. The third kappa shape index (κ3) is 3.49. The van der Waals surface area contributed by atoms with Crippen molar-refractivity contribution in [1.29, 1.82) is 0 Å². The van der Waals surface area contributed by atoms with Crippen molar-refractivity contribution in [2.24, 2.45) is 0 Å². The maximum Gasteiger partial charge on any atom is 0.327 e. The SMILES string of the molecule is COC(=O)[C@@H](c1cccnc1)N1CCN(c2ccncc2Cl)CC1. The third-order valence-electron chi connectivity index (χ3n) is 4.20. The predicted octanol–water partition coefficient (Wildman–Crippen LogP) is 2.17. The van der Waals surface area contributed by atoms with E-state index in [1.807, 2.05) is 18.2 Å². The molecule has 126 valence electrons. The summed E-state index contributed by atoms with van der Waals surface area (Å²) in [4.78, 5) is 24.8. The molecule has 1 saturated heterocycles. The average Bonchev–Trinajstić information content (AvgIpc) is 2.64. The van der Waals surface area contributed by atoms with E-state index in [9.17, 15) is 4.79 Å². The molecule has 1 fully saturated rings. The lowest BCUT2D eigenvalue weighted by atomic mass is 10.1. The molecule has 0 N–H and O–H groups in total. The van der Waals surface area contributed by atoms with Crippen LogP contribution in [0.2, 0.25) is 5.02 Å².